The normalized spacial score (nSPS) is 10.6. The summed E-state index contributed by atoms with van der Waals surface area (Å²) in [5, 5.41) is 3.47. The number of hydrogen-bond donors (Lipinski definition) is 1. The van der Waals surface area contributed by atoms with Crippen LogP contribution in [-0.2, 0) is 6.54 Å². The maximum absolute atomic E-state index is 3.47. The summed E-state index contributed by atoms with van der Waals surface area (Å²) in [6.45, 7) is 6.33. The summed E-state index contributed by atoms with van der Waals surface area (Å²) in [5.74, 6) is 0. The van der Waals surface area contributed by atoms with E-state index in [1.807, 2.05) is 0 Å². The Morgan fingerprint density at radius 3 is 2.39 bits per heavy atom. The Hall–Kier alpha value is -1.60. The van der Waals surface area contributed by atoms with Crippen molar-refractivity contribution >= 4 is 0 Å². The molecule has 0 radical (unpaired) electrons. The van der Waals surface area contributed by atoms with Crippen LogP contribution in [0.25, 0.3) is 11.1 Å². The second-order valence-electron chi connectivity index (χ2n) is 4.70. The van der Waals surface area contributed by atoms with Crippen LogP contribution in [0.1, 0.15) is 24.5 Å². The van der Waals surface area contributed by atoms with Gasteiger partial charge in [-0.05, 0) is 36.6 Å². The standard InChI is InChI=1S/C17H21N/c1-3-12-18-13-16-6-4-5-7-17(16)15-10-8-14(2)9-11-15/h4-11,18H,3,12-13H2,1-2H3. The Morgan fingerprint density at radius 1 is 0.944 bits per heavy atom. The Morgan fingerprint density at radius 2 is 1.67 bits per heavy atom. The average molecular weight is 239 g/mol. The molecule has 94 valence electrons. The number of aryl methyl sites for hydroxylation is 1. The fourth-order valence-electron chi connectivity index (χ4n) is 2.09. The first kappa shape index (κ1) is 12.8. The summed E-state index contributed by atoms with van der Waals surface area (Å²) in [5.41, 5.74) is 5.31. The summed E-state index contributed by atoms with van der Waals surface area (Å²) < 4.78 is 0. The van der Waals surface area contributed by atoms with Gasteiger partial charge in [-0.1, -0.05) is 61.0 Å². The van der Waals surface area contributed by atoms with Crippen molar-refractivity contribution in [2.75, 3.05) is 6.54 Å². The van der Waals surface area contributed by atoms with Crippen molar-refractivity contribution < 1.29 is 0 Å². The molecule has 0 aliphatic rings. The molecule has 0 aliphatic carbocycles. The Kier molecular flexibility index (Phi) is 4.54. The minimum absolute atomic E-state index is 0.942. The third-order valence-corrected chi connectivity index (χ3v) is 3.12. The molecule has 0 heterocycles. The molecular formula is C17H21N. The third-order valence-electron chi connectivity index (χ3n) is 3.12. The summed E-state index contributed by atoms with van der Waals surface area (Å²) in [7, 11) is 0. The van der Waals surface area contributed by atoms with Crippen LogP contribution in [0.4, 0.5) is 0 Å². The molecule has 0 amide bonds. The predicted molar refractivity (Wildman–Crippen MR) is 78.6 cm³/mol. The molecule has 0 aromatic heterocycles. The number of hydrogen-bond acceptors (Lipinski definition) is 1. The number of benzene rings is 2. The maximum atomic E-state index is 3.47. The van der Waals surface area contributed by atoms with E-state index in [1.54, 1.807) is 0 Å². The minimum Gasteiger partial charge on any atom is -0.313 e. The van der Waals surface area contributed by atoms with Crippen LogP contribution in [0.3, 0.4) is 0 Å². The van der Waals surface area contributed by atoms with Gasteiger partial charge in [0.15, 0.2) is 0 Å². The van der Waals surface area contributed by atoms with Gasteiger partial charge < -0.3 is 5.32 Å². The van der Waals surface area contributed by atoms with E-state index < -0.39 is 0 Å². The topological polar surface area (TPSA) is 12.0 Å². The predicted octanol–water partition coefficient (Wildman–Crippen LogP) is 4.16. The molecule has 1 heteroatoms. The highest BCUT2D eigenvalue weighted by Gasteiger charge is 2.03. The summed E-state index contributed by atoms with van der Waals surface area (Å²) in [6, 6.07) is 17.4. The monoisotopic (exact) mass is 239 g/mol. The molecule has 2 rings (SSSR count). The summed E-state index contributed by atoms with van der Waals surface area (Å²) in [6.07, 6.45) is 1.17. The quantitative estimate of drug-likeness (QED) is 0.772. The van der Waals surface area contributed by atoms with Crippen LogP contribution in [0.5, 0.6) is 0 Å². The van der Waals surface area contributed by atoms with Crippen molar-refractivity contribution in [2.45, 2.75) is 26.8 Å². The molecule has 1 nitrogen and oxygen atoms in total. The fraction of sp³-hybridized carbons (Fsp3) is 0.294. The van der Waals surface area contributed by atoms with Gasteiger partial charge >= 0.3 is 0 Å². The van der Waals surface area contributed by atoms with E-state index in [4.69, 9.17) is 0 Å². The summed E-state index contributed by atoms with van der Waals surface area (Å²) in [4.78, 5) is 0. The first-order valence-corrected chi connectivity index (χ1v) is 6.67. The molecule has 18 heavy (non-hydrogen) atoms. The zero-order valence-electron chi connectivity index (χ0n) is 11.2. The van der Waals surface area contributed by atoms with E-state index in [1.165, 1.54) is 28.7 Å². The average Bonchev–Trinajstić information content (AvgIpc) is 2.41. The van der Waals surface area contributed by atoms with Gasteiger partial charge in [-0.2, -0.15) is 0 Å². The number of nitrogens with one attached hydrogen (secondary N) is 1. The van der Waals surface area contributed by atoms with Gasteiger partial charge in [-0.15, -0.1) is 0 Å². The Balaban J connectivity index is 2.23. The lowest BCUT2D eigenvalue weighted by molar-refractivity contribution is 0.676. The van der Waals surface area contributed by atoms with Crippen LogP contribution in [-0.4, -0.2) is 6.54 Å². The lowest BCUT2D eigenvalue weighted by atomic mass is 9.99. The van der Waals surface area contributed by atoms with Crippen LogP contribution in [0.15, 0.2) is 48.5 Å². The molecule has 0 aliphatic heterocycles. The van der Waals surface area contributed by atoms with Gasteiger partial charge in [0, 0.05) is 6.54 Å². The van der Waals surface area contributed by atoms with E-state index in [-0.39, 0.29) is 0 Å². The van der Waals surface area contributed by atoms with E-state index in [0.717, 1.165) is 13.1 Å². The molecule has 1 N–H and O–H groups in total. The lowest BCUT2D eigenvalue weighted by Gasteiger charge is -2.10. The molecule has 0 spiro atoms. The SMILES string of the molecule is CCCNCc1ccccc1-c1ccc(C)cc1. The van der Waals surface area contributed by atoms with Crippen molar-refractivity contribution in [3.63, 3.8) is 0 Å². The molecule has 0 bridgehead atoms. The largest absolute Gasteiger partial charge is 0.313 e. The van der Waals surface area contributed by atoms with Crippen molar-refractivity contribution in [1.29, 1.82) is 0 Å². The Labute approximate surface area is 110 Å². The van der Waals surface area contributed by atoms with Gasteiger partial charge in [0.25, 0.3) is 0 Å². The van der Waals surface area contributed by atoms with Gasteiger partial charge in [0.1, 0.15) is 0 Å². The van der Waals surface area contributed by atoms with Gasteiger partial charge in [-0.25, -0.2) is 0 Å². The Bertz CT molecular complexity index is 485. The van der Waals surface area contributed by atoms with Crippen LogP contribution < -0.4 is 5.32 Å². The van der Waals surface area contributed by atoms with Crippen LogP contribution in [0, 0.1) is 6.92 Å². The second kappa shape index (κ2) is 6.36. The van der Waals surface area contributed by atoms with Crippen molar-refractivity contribution in [1.82, 2.24) is 5.32 Å². The molecule has 2 aromatic rings. The van der Waals surface area contributed by atoms with E-state index >= 15 is 0 Å². The van der Waals surface area contributed by atoms with Crippen LogP contribution >= 0.6 is 0 Å². The van der Waals surface area contributed by atoms with Crippen molar-refractivity contribution in [3.8, 4) is 11.1 Å². The van der Waals surface area contributed by atoms with E-state index in [9.17, 15) is 0 Å². The molecular weight excluding hydrogens is 218 g/mol. The lowest BCUT2D eigenvalue weighted by Crippen LogP contribution is -2.14. The van der Waals surface area contributed by atoms with Crippen LogP contribution in [0.2, 0.25) is 0 Å². The maximum Gasteiger partial charge on any atom is 0.0211 e. The van der Waals surface area contributed by atoms with Crippen molar-refractivity contribution in [3.05, 3.63) is 59.7 Å². The second-order valence-corrected chi connectivity index (χ2v) is 4.70. The zero-order valence-corrected chi connectivity index (χ0v) is 11.2. The van der Waals surface area contributed by atoms with Crippen molar-refractivity contribution in [2.24, 2.45) is 0 Å². The minimum atomic E-state index is 0.942. The molecule has 0 unspecified atom stereocenters. The highest BCUT2D eigenvalue weighted by Crippen LogP contribution is 2.23. The zero-order chi connectivity index (χ0) is 12.8. The molecule has 0 saturated heterocycles. The summed E-state index contributed by atoms with van der Waals surface area (Å²) >= 11 is 0. The molecule has 0 fully saturated rings. The van der Waals surface area contributed by atoms with Gasteiger partial charge in [0.2, 0.25) is 0 Å². The van der Waals surface area contributed by atoms with Gasteiger partial charge in [-0.3, -0.25) is 0 Å². The molecule has 0 atom stereocenters. The smallest absolute Gasteiger partial charge is 0.0211 e. The molecule has 2 aromatic carbocycles. The highest BCUT2D eigenvalue weighted by molar-refractivity contribution is 5.67. The van der Waals surface area contributed by atoms with E-state index in [0.29, 0.717) is 0 Å². The highest BCUT2D eigenvalue weighted by atomic mass is 14.8. The molecule has 0 saturated carbocycles. The third kappa shape index (κ3) is 3.21. The van der Waals surface area contributed by atoms with E-state index in [2.05, 4.69) is 67.7 Å². The first-order valence-electron chi connectivity index (χ1n) is 6.67. The van der Waals surface area contributed by atoms with Gasteiger partial charge in [0.05, 0.1) is 0 Å². The first-order chi connectivity index (χ1) is 8.81. The number of rotatable bonds is 5. The fourth-order valence-corrected chi connectivity index (χ4v) is 2.09.